The Morgan fingerprint density at radius 1 is 1.29 bits per heavy atom. The van der Waals surface area contributed by atoms with E-state index >= 15 is 0 Å². The van der Waals surface area contributed by atoms with Crippen LogP contribution in [0.25, 0.3) is 11.1 Å². The summed E-state index contributed by atoms with van der Waals surface area (Å²) in [5, 5.41) is 0. The number of hydrogen-bond donors (Lipinski definition) is 1. The molecule has 4 heterocycles. The van der Waals surface area contributed by atoms with E-state index in [0.29, 0.717) is 12.2 Å². The molecule has 0 bridgehead atoms. The van der Waals surface area contributed by atoms with Crippen molar-refractivity contribution in [2.75, 3.05) is 18.9 Å². The maximum atomic E-state index is 5.64. The summed E-state index contributed by atoms with van der Waals surface area (Å²) >= 11 is 3.58. The number of benzene rings is 1. The average Bonchev–Trinajstić information content (AvgIpc) is 3.11. The Morgan fingerprint density at radius 3 is 3.12 bits per heavy atom. The number of anilines is 1. The predicted molar refractivity (Wildman–Crippen MR) is 94.4 cm³/mol. The van der Waals surface area contributed by atoms with E-state index < -0.39 is 0 Å². The zero-order valence-electron chi connectivity index (χ0n) is 12.6. The van der Waals surface area contributed by atoms with Gasteiger partial charge < -0.3 is 19.8 Å². The number of amidine groups is 1. The molecule has 0 unspecified atom stereocenters. The number of halogens is 1. The van der Waals surface area contributed by atoms with E-state index in [2.05, 4.69) is 25.8 Å². The van der Waals surface area contributed by atoms with Crippen LogP contribution in [0.5, 0.6) is 0 Å². The summed E-state index contributed by atoms with van der Waals surface area (Å²) in [7, 11) is 0. The second kappa shape index (κ2) is 4.98. The van der Waals surface area contributed by atoms with E-state index in [4.69, 9.17) is 19.9 Å². The van der Waals surface area contributed by atoms with Gasteiger partial charge in [0.2, 0.25) is 0 Å². The minimum atomic E-state index is 0.177. The molecule has 24 heavy (non-hydrogen) atoms. The third kappa shape index (κ3) is 1.94. The second-order valence-electron chi connectivity index (χ2n) is 5.86. The van der Waals surface area contributed by atoms with Crippen molar-refractivity contribution < 1.29 is 9.15 Å². The number of ether oxygens (including phenoxy) is 1. The molecule has 1 aromatic carbocycles. The molecular weight excluding hydrogens is 372 g/mol. The zero-order chi connectivity index (χ0) is 16.3. The quantitative estimate of drug-likeness (QED) is 0.816. The predicted octanol–water partition coefficient (Wildman–Crippen LogP) is 3.28. The summed E-state index contributed by atoms with van der Waals surface area (Å²) in [5.74, 6) is 0.912. The standard InChI is InChI=1S/C17H13BrN4O2/c18-12-8-23-7-10-3-4-22-15(10)11(12)6-20-16(22)9-1-2-14-13(5-9)21-17(19)24-14/h1-2,5-6,8H,3-4,7H2,(H2,19,21). The molecule has 0 saturated heterocycles. The van der Waals surface area contributed by atoms with E-state index in [1.54, 1.807) is 6.26 Å². The molecule has 0 fully saturated rings. The van der Waals surface area contributed by atoms with Gasteiger partial charge in [0.15, 0.2) is 5.58 Å². The summed E-state index contributed by atoms with van der Waals surface area (Å²) in [6, 6.07) is 6.01. The molecule has 2 N–H and O–H groups in total. The molecule has 6 nitrogen and oxygen atoms in total. The summed E-state index contributed by atoms with van der Waals surface area (Å²) in [5.41, 5.74) is 11.6. The van der Waals surface area contributed by atoms with Gasteiger partial charge in [0.25, 0.3) is 6.01 Å². The Morgan fingerprint density at radius 2 is 2.21 bits per heavy atom. The van der Waals surface area contributed by atoms with Gasteiger partial charge in [-0.05, 0) is 46.1 Å². The van der Waals surface area contributed by atoms with Gasteiger partial charge in [-0.2, -0.15) is 4.98 Å². The van der Waals surface area contributed by atoms with Crippen LogP contribution in [-0.2, 0) is 4.74 Å². The average molecular weight is 385 g/mol. The summed E-state index contributed by atoms with van der Waals surface area (Å²) in [6.45, 7) is 1.51. The SMILES string of the molecule is Nc1nc2cc(C3=NC=C4C(Br)=COCC5=C4N3CC5)ccc2o1. The molecule has 7 heteroatoms. The third-order valence-corrected chi connectivity index (χ3v) is 5.05. The van der Waals surface area contributed by atoms with E-state index in [-0.39, 0.29) is 6.01 Å². The van der Waals surface area contributed by atoms with Crippen molar-refractivity contribution in [2.24, 2.45) is 4.99 Å². The Kier molecular flexibility index (Phi) is 2.87. The highest BCUT2D eigenvalue weighted by Crippen LogP contribution is 2.40. The minimum absolute atomic E-state index is 0.177. The van der Waals surface area contributed by atoms with E-state index in [9.17, 15) is 0 Å². The largest absolute Gasteiger partial charge is 0.496 e. The first-order valence-electron chi connectivity index (χ1n) is 7.63. The fourth-order valence-electron chi connectivity index (χ4n) is 3.38. The highest BCUT2D eigenvalue weighted by atomic mass is 79.9. The first-order valence-corrected chi connectivity index (χ1v) is 8.42. The Bertz CT molecular complexity index is 999. The fourth-order valence-corrected chi connectivity index (χ4v) is 3.80. The number of allylic oxidation sites excluding steroid dienone is 1. The number of nitrogens with zero attached hydrogens (tertiary/aromatic N) is 3. The van der Waals surface area contributed by atoms with E-state index in [0.717, 1.165) is 39.9 Å². The number of fused-ring (bicyclic) bond motifs is 1. The Hall–Kier alpha value is -2.54. The monoisotopic (exact) mass is 384 g/mol. The van der Waals surface area contributed by atoms with Gasteiger partial charge in [0.05, 0.1) is 16.4 Å². The van der Waals surface area contributed by atoms with Crippen LogP contribution in [0, 0.1) is 0 Å². The number of aromatic nitrogens is 1. The first kappa shape index (κ1) is 13.9. The summed E-state index contributed by atoms with van der Waals surface area (Å²) < 4.78 is 11.9. The van der Waals surface area contributed by atoms with Crippen LogP contribution in [0.4, 0.5) is 6.01 Å². The molecule has 0 saturated carbocycles. The third-order valence-electron chi connectivity index (χ3n) is 4.43. The normalized spacial score (nSPS) is 19.5. The van der Waals surface area contributed by atoms with Crippen molar-refractivity contribution in [1.82, 2.24) is 9.88 Å². The van der Waals surface area contributed by atoms with Crippen LogP contribution < -0.4 is 5.73 Å². The molecule has 0 spiro atoms. The van der Waals surface area contributed by atoms with E-state index in [1.807, 2.05) is 24.4 Å². The number of nitrogens with two attached hydrogens (primary N) is 1. The topological polar surface area (TPSA) is 76.9 Å². The van der Waals surface area contributed by atoms with Gasteiger partial charge in [-0.15, -0.1) is 0 Å². The molecule has 0 aliphatic carbocycles. The molecular formula is C17H13BrN4O2. The van der Waals surface area contributed by atoms with Crippen LogP contribution >= 0.6 is 15.9 Å². The molecule has 0 amide bonds. The van der Waals surface area contributed by atoms with Gasteiger partial charge in [0.1, 0.15) is 18.0 Å². The highest BCUT2D eigenvalue weighted by Gasteiger charge is 2.34. The Labute approximate surface area is 146 Å². The number of oxazole rings is 1. The van der Waals surface area contributed by atoms with Crippen molar-refractivity contribution >= 4 is 38.9 Å². The number of hydrogen-bond acceptors (Lipinski definition) is 6. The maximum Gasteiger partial charge on any atom is 0.292 e. The van der Waals surface area contributed by atoms with Gasteiger partial charge in [-0.3, -0.25) is 0 Å². The summed E-state index contributed by atoms with van der Waals surface area (Å²) in [4.78, 5) is 11.2. The first-order chi connectivity index (χ1) is 11.7. The number of rotatable bonds is 1. The lowest BCUT2D eigenvalue weighted by Crippen LogP contribution is -2.31. The zero-order valence-corrected chi connectivity index (χ0v) is 14.2. The summed E-state index contributed by atoms with van der Waals surface area (Å²) in [6.07, 6.45) is 4.61. The van der Waals surface area contributed by atoms with Gasteiger partial charge in [-0.1, -0.05) is 0 Å². The molecule has 120 valence electrons. The van der Waals surface area contributed by atoms with Crippen molar-refractivity contribution in [2.45, 2.75) is 6.42 Å². The fraction of sp³-hybridized carbons (Fsp3) is 0.176. The molecule has 0 radical (unpaired) electrons. The molecule has 2 aromatic rings. The van der Waals surface area contributed by atoms with Crippen LogP contribution in [0.2, 0.25) is 0 Å². The minimum Gasteiger partial charge on any atom is -0.496 e. The van der Waals surface area contributed by atoms with Gasteiger partial charge in [0, 0.05) is 23.9 Å². The van der Waals surface area contributed by atoms with E-state index in [1.165, 1.54) is 11.3 Å². The molecule has 3 aliphatic heterocycles. The maximum absolute atomic E-state index is 5.64. The van der Waals surface area contributed by atoms with Crippen molar-refractivity contribution in [3.05, 3.63) is 57.6 Å². The van der Waals surface area contributed by atoms with Crippen molar-refractivity contribution in [1.29, 1.82) is 0 Å². The van der Waals surface area contributed by atoms with Crippen LogP contribution in [0.1, 0.15) is 12.0 Å². The number of aliphatic imine (C=N–C) groups is 1. The van der Waals surface area contributed by atoms with Crippen LogP contribution in [0.15, 0.2) is 61.4 Å². The Balaban J connectivity index is 1.66. The van der Waals surface area contributed by atoms with Gasteiger partial charge in [-0.25, -0.2) is 4.99 Å². The van der Waals surface area contributed by atoms with Crippen molar-refractivity contribution in [3.8, 4) is 0 Å². The van der Waals surface area contributed by atoms with Gasteiger partial charge >= 0.3 is 0 Å². The lowest BCUT2D eigenvalue weighted by molar-refractivity contribution is 0.279. The highest BCUT2D eigenvalue weighted by molar-refractivity contribution is 9.12. The molecule has 3 aliphatic rings. The van der Waals surface area contributed by atoms with Crippen LogP contribution in [0.3, 0.4) is 0 Å². The molecule has 5 rings (SSSR count). The second-order valence-corrected chi connectivity index (χ2v) is 6.72. The lowest BCUT2D eigenvalue weighted by atomic mass is 10.1. The van der Waals surface area contributed by atoms with Crippen molar-refractivity contribution in [3.63, 3.8) is 0 Å². The smallest absolute Gasteiger partial charge is 0.292 e. The lowest BCUT2D eigenvalue weighted by Gasteiger charge is -2.28. The van der Waals surface area contributed by atoms with Crippen LogP contribution in [-0.4, -0.2) is 28.9 Å². The molecule has 0 atom stereocenters. The molecule has 1 aromatic heterocycles. The number of nitrogen functional groups attached to an aromatic ring is 1.